The lowest BCUT2D eigenvalue weighted by molar-refractivity contribution is 0.603. The van der Waals surface area contributed by atoms with Gasteiger partial charge in [0.05, 0.1) is 22.1 Å². The number of halogens is 3. The van der Waals surface area contributed by atoms with E-state index in [9.17, 15) is 8.78 Å². The molecule has 0 aliphatic heterocycles. The number of hydrogen-bond acceptors (Lipinski definition) is 2. The molecule has 0 atom stereocenters. The third-order valence-electron chi connectivity index (χ3n) is 2.25. The molecule has 0 radical (unpaired) electrons. The molecule has 0 aliphatic rings. The van der Waals surface area contributed by atoms with E-state index in [1.165, 1.54) is 0 Å². The van der Waals surface area contributed by atoms with Crippen molar-refractivity contribution in [2.24, 2.45) is 0 Å². The minimum absolute atomic E-state index is 0.0129. The number of rotatable bonds is 2. The summed E-state index contributed by atoms with van der Waals surface area (Å²) in [4.78, 5) is 0. The van der Waals surface area contributed by atoms with Crippen LogP contribution in [0.3, 0.4) is 0 Å². The zero-order valence-electron chi connectivity index (χ0n) is 8.68. The van der Waals surface area contributed by atoms with Crippen LogP contribution in [-0.4, -0.2) is 0 Å². The van der Waals surface area contributed by atoms with Crippen LogP contribution in [0, 0.1) is 11.6 Å². The first-order valence-corrected chi connectivity index (χ1v) is 5.22. The Morgan fingerprint density at radius 2 is 1.82 bits per heavy atom. The average molecular weight is 255 g/mol. The zero-order valence-corrected chi connectivity index (χ0v) is 9.43. The van der Waals surface area contributed by atoms with E-state index in [2.05, 4.69) is 5.32 Å². The molecule has 3 N–H and O–H groups in total. The Morgan fingerprint density at radius 3 is 2.59 bits per heavy atom. The first kappa shape index (κ1) is 11.7. The monoisotopic (exact) mass is 254 g/mol. The van der Waals surface area contributed by atoms with Gasteiger partial charge >= 0.3 is 0 Å². The van der Waals surface area contributed by atoms with E-state index in [0.29, 0.717) is 10.7 Å². The summed E-state index contributed by atoms with van der Waals surface area (Å²) < 4.78 is 26.4. The van der Waals surface area contributed by atoms with Crippen LogP contribution in [0.2, 0.25) is 5.02 Å². The van der Waals surface area contributed by atoms with Gasteiger partial charge in [-0.25, -0.2) is 8.78 Å². The quantitative estimate of drug-likeness (QED) is 0.797. The highest BCUT2D eigenvalue weighted by molar-refractivity contribution is 6.33. The summed E-state index contributed by atoms with van der Waals surface area (Å²) in [6.45, 7) is 0. The molecule has 0 unspecified atom stereocenters. The lowest BCUT2D eigenvalue weighted by Gasteiger charge is -2.11. The predicted octanol–water partition coefficient (Wildman–Crippen LogP) is 3.94. The van der Waals surface area contributed by atoms with Crippen LogP contribution >= 0.6 is 11.6 Å². The van der Waals surface area contributed by atoms with Crippen LogP contribution in [0.15, 0.2) is 36.4 Å². The second-order valence-electron chi connectivity index (χ2n) is 3.45. The van der Waals surface area contributed by atoms with Gasteiger partial charge < -0.3 is 11.1 Å². The van der Waals surface area contributed by atoms with Crippen molar-refractivity contribution in [3.8, 4) is 0 Å². The minimum Gasteiger partial charge on any atom is -0.396 e. The van der Waals surface area contributed by atoms with E-state index < -0.39 is 11.6 Å². The number of nitrogens with two attached hydrogens (primary N) is 1. The molecule has 0 fully saturated rings. The fourth-order valence-corrected chi connectivity index (χ4v) is 1.56. The van der Waals surface area contributed by atoms with Crippen LogP contribution < -0.4 is 11.1 Å². The van der Waals surface area contributed by atoms with E-state index in [-0.39, 0.29) is 11.4 Å². The molecule has 0 aliphatic carbocycles. The van der Waals surface area contributed by atoms with Crippen molar-refractivity contribution in [2.45, 2.75) is 0 Å². The number of hydrogen-bond donors (Lipinski definition) is 2. The molecule has 88 valence electrons. The van der Waals surface area contributed by atoms with Crippen molar-refractivity contribution in [3.63, 3.8) is 0 Å². The molecule has 0 saturated heterocycles. The van der Waals surface area contributed by atoms with Gasteiger partial charge in [-0.15, -0.1) is 0 Å². The lowest BCUT2D eigenvalue weighted by atomic mass is 10.2. The molecule has 2 nitrogen and oxygen atoms in total. The summed E-state index contributed by atoms with van der Waals surface area (Å²) in [5.41, 5.74) is 6.44. The number of benzene rings is 2. The molecule has 0 spiro atoms. The van der Waals surface area contributed by atoms with Gasteiger partial charge in [0.25, 0.3) is 0 Å². The summed E-state index contributed by atoms with van der Waals surface area (Å²) in [5.74, 6) is -1.10. The molecule has 0 aromatic heterocycles. The summed E-state index contributed by atoms with van der Waals surface area (Å²) in [5, 5.41) is 3.05. The Kier molecular flexibility index (Phi) is 3.15. The van der Waals surface area contributed by atoms with Crippen LogP contribution in [0.4, 0.5) is 25.8 Å². The van der Waals surface area contributed by atoms with Crippen molar-refractivity contribution >= 4 is 28.7 Å². The van der Waals surface area contributed by atoms with Gasteiger partial charge in [-0.3, -0.25) is 0 Å². The van der Waals surface area contributed by atoms with E-state index in [0.717, 1.165) is 18.2 Å². The molecular weight excluding hydrogens is 246 g/mol. The maximum Gasteiger partial charge on any atom is 0.146 e. The van der Waals surface area contributed by atoms with Gasteiger partial charge in [0, 0.05) is 6.07 Å². The maximum atomic E-state index is 13.4. The molecule has 2 aromatic rings. The SMILES string of the molecule is Nc1c(Cl)cccc1Nc1cc(F)ccc1F. The largest absolute Gasteiger partial charge is 0.396 e. The first-order valence-electron chi connectivity index (χ1n) is 4.84. The van der Waals surface area contributed by atoms with Crippen LogP contribution in [-0.2, 0) is 0 Å². The molecule has 5 heteroatoms. The topological polar surface area (TPSA) is 38.0 Å². The second-order valence-corrected chi connectivity index (χ2v) is 3.86. The number of anilines is 3. The summed E-state index contributed by atoms with van der Waals surface area (Å²) in [6.07, 6.45) is 0. The van der Waals surface area contributed by atoms with Crippen LogP contribution in [0.1, 0.15) is 0 Å². The number of nitrogen functional groups attached to an aromatic ring is 1. The van der Waals surface area contributed by atoms with E-state index in [1.54, 1.807) is 18.2 Å². The van der Waals surface area contributed by atoms with Gasteiger partial charge in [-0.2, -0.15) is 0 Å². The highest BCUT2D eigenvalue weighted by atomic mass is 35.5. The Hall–Kier alpha value is -1.81. The van der Waals surface area contributed by atoms with Crippen molar-refractivity contribution in [1.82, 2.24) is 0 Å². The Labute approximate surface area is 102 Å². The highest BCUT2D eigenvalue weighted by Crippen LogP contribution is 2.30. The van der Waals surface area contributed by atoms with Gasteiger partial charge in [0.15, 0.2) is 0 Å². The van der Waals surface area contributed by atoms with E-state index >= 15 is 0 Å². The van der Waals surface area contributed by atoms with Gasteiger partial charge in [0.1, 0.15) is 11.6 Å². The third kappa shape index (κ3) is 2.47. The van der Waals surface area contributed by atoms with Gasteiger partial charge in [-0.1, -0.05) is 17.7 Å². The molecule has 0 bridgehead atoms. The zero-order chi connectivity index (χ0) is 12.4. The van der Waals surface area contributed by atoms with Gasteiger partial charge in [0.2, 0.25) is 0 Å². The van der Waals surface area contributed by atoms with Crippen molar-refractivity contribution in [1.29, 1.82) is 0 Å². The molecule has 2 aromatic carbocycles. The summed E-state index contributed by atoms with van der Waals surface area (Å²) >= 11 is 5.82. The van der Waals surface area contributed by atoms with Crippen molar-refractivity contribution in [3.05, 3.63) is 53.1 Å². The van der Waals surface area contributed by atoms with E-state index in [4.69, 9.17) is 17.3 Å². The molecule has 0 saturated carbocycles. The fourth-order valence-electron chi connectivity index (χ4n) is 1.38. The maximum absolute atomic E-state index is 13.4. The Bertz CT molecular complexity index is 558. The number of nitrogens with one attached hydrogen (secondary N) is 1. The fraction of sp³-hybridized carbons (Fsp3) is 0. The summed E-state index contributed by atoms with van der Waals surface area (Å²) in [7, 11) is 0. The standard InChI is InChI=1S/C12H9ClF2N2/c13-8-2-1-3-10(12(8)16)17-11-6-7(14)4-5-9(11)15/h1-6,17H,16H2. The van der Waals surface area contributed by atoms with Crippen LogP contribution in [0.5, 0.6) is 0 Å². The average Bonchev–Trinajstić information content (AvgIpc) is 2.30. The highest BCUT2D eigenvalue weighted by Gasteiger charge is 2.07. The third-order valence-corrected chi connectivity index (χ3v) is 2.58. The first-order chi connectivity index (χ1) is 8.08. The molecule has 0 amide bonds. The predicted molar refractivity (Wildman–Crippen MR) is 65.5 cm³/mol. The van der Waals surface area contributed by atoms with Crippen molar-refractivity contribution < 1.29 is 8.78 Å². The summed E-state index contributed by atoms with van der Waals surface area (Å²) in [6, 6.07) is 8.05. The molecule has 2 rings (SSSR count). The second kappa shape index (κ2) is 4.59. The Morgan fingerprint density at radius 1 is 1.06 bits per heavy atom. The van der Waals surface area contributed by atoms with Crippen molar-refractivity contribution in [2.75, 3.05) is 11.1 Å². The normalized spacial score (nSPS) is 10.3. The number of para-hydroxylation sites is 1. The van der Waals surface area contributed by atoms with E-state index in [1.807, 2.05) is 0 Å². The Balaban J connectivity index is 2.38. The van der Waals surface area contributed by atoms with Gasteiger partial charge in [-0.05, 0) is 24.3 Å². The molecule has 17 heavy (non-hydrogen) atoms. The molecular formula is C12H9ClF2N2. The lowest BCUT2D eigenvalue weighted by Crippen LogP contribution is -1.99. The van der Waals surface area contributed by atoms with Crippen LogP contribution in [0.25, 0.3) is 0 Å². The molecule has 0 heterocycles. The minimum atomic E-state index is -0.564. The smallest absolute Gasteiger partial charge is 0.146 e.